The van der Waals surface area contributed by atoms with Crippen LogP contribution in [0.2, 0.25) is 0 Å². The number of halogens is 18. The fraction of sp³-hybridized carbons (Fsp3) is 0.333. The van der Waals surface area contributed by atoms with Gasteiger partial charge in [-0.25, -0.2) is 0 Å². The molecule has 3 aromatic carbocycles. The number of benzene rings is 3. The Bertz CT molecular complexity index is 2410. The summed E-state index contributed by atoms with van der Waals surface area (Å²) in [6.45, 7) is 0. The molecular weight excluding hydrogens is 1320 g/mol. The number of hydrogen-bond acceptors (Lipinski definition) is 18. The minimum Gasteiger partial charge on any atom is -0.872 e. The molecule has 0 radical (unpaired) electrons. The normalized spacial score (nSPS) is 12.2. The molecule has 0 unspecified atom stereocenters. The monoisotopic (exact) mass is 1340 g/mol. The molecule has 0 amide bonds. The van der Waals surface area contributed by atoms with Crippen molar-refractivity contribution in [3.05, 3.63) is 72.8 Å². The maximum Gasteiger partial charge on any atom is 3.00 e. The minimum atomic E-state index is -5.84. The van der Waals surface area contributed by atoms with E-state index in [0.717, 1.165) is 14.7 Å². The van der Waals surface area contributed by atoms with Gasteiger partial charge in [0.15, 0.2) is 0 Å². The third-order valence-corrected chi connectivity index (χ3v) is 10.6. The molecular formula is C27H27AlF18O21S9. The molecule has 6 N–H and O–H groups in total. The van der Waals surface area contributed by atoms with Gasteiger partial charge in [-0.05, 0) is 37.0 Å². The van der Waals surface area contributed by atoms with Crippen LogP contribution in [-0.4, -0.2) is 147 Å². The summed E-state index contributed by atoms with van der Waals surface area (Å²) in [4.78, 5) is 3.09. The summed E-state index contributed by atoms with van der Waals surface area (Å²) in [6, 6.07) is 20.6. The van der Waals surface area contributed by atoms with Crippen LogP contribution in [0.3, 0.4) is 0 Å². The van der Waals surface area contributed by atoms with Gasteiger partial charge in [-0.3, -0.25) is 27.3 Å². The fourth-order valence-electron chi connectivity index (χ4n) is 1.80. The van der Waals surface area contributed by atoms with Crippen LogP contribution in [0.15, 0.2) is 87.5 Å². The third kappa shape index (κ3) is 45.8. The molecule has 21 nitrogen and oxygen atoms in total. The second kappa shape index (κ2) is 34.8. The number of alkyl halides is 18. The Labute approximate surface area is 439 Å². The van der Waals surface area contributed by atoms with E-state index in [2.05, 4.69) is 0 Å². The molecule has 0 saturated heterocycles. The number of rotatable bonds is 3. The Morgan fingerprint density at radius 1 is 0.316 bits per heavy atom. The van der Waals surface area contributed by atoms with Gasteiger partial charge < -0.3 is 15.3 Å². The van der Waals surface area contributed by atoms with Crippen LogP contribution in [0.1, 0.15) is 0 Å². The van der Waals surface area contributed by atoms with Gasteiger partial charge in [0.25, 0.3) is 0 Å². The number of hydrogen-bond donors (Lipinski definition) is 6. The summed E-state index contributed by atoms with van der Waals surface area (Å²) in [7, 11) is -35.0. The quantitative estimate of drug-likeness (QED) is 0.0541. The van der Waals surface area contributed by atoms with Gasteiger partial charge in [0.1, 0.15) is 0 Å². The van der Waals surface area contributed by atoms with Crippen LogP contribution in [0.25, 0.3) is 0 Å². The van der Waals surface area contributed by atoms with E-state index < -0.39 is 93.8 Å². The first-order chi connectivity index (χ1) is 32.5. The molecule has 0 aliphatic carbocycles. The molecule has 49 heteroatoms. The Morgan fingerprint density at radius 2 is 0.421 bits per heavy atom. The number of thioether (sulfide) groups is 3. The molecule has 0 spiro atoms. The van der Waals surface area contributed by atoms with Crippen molar-refractivity contribution in [3.8, 4) is 17.2 Å². The van der Waals surface area contributed by atoms with E-state index in [1.54, 1.807) is 89.9 Å². The van der Waals surface area contributed by atoms with Gasteiger partial charge in [-0.1, -0.05) is 54.6 Å². The van der Waals surface area contributed by atoms with E-state index in [1.807, 2.05) is 37.0 Å². The van der Waals surface area contributed by atoms with Crippen LogP contribution in [0, 0.1) is 0 Å². The summed E-state index contributed by atoms with van der Waals surface area (Å²) in [6.07, 6.45) is 5.86. The second-order valence-electron chi connectivity index (χ2n) is 10.6. The second-order valence-corrected chi connectivity index (χ2v) is 21.7. The van der Waals surface area contributed by atoms with Crippen molar-refractivity contribution in [3.63, 3.8) is 0 Å². The Kier molecular flexibility index (Phi) is 39.7. The first kappa shape index (κ1) is 86.7. The summed E-state index contributed by atoms with van der Waals surface area (Å²) < 4.78 is 345. The van der Waals surface area contributed by atoms with Crippen molar-refractivity contribution in [1.29, 1.82) is 0 Å². The molecule has 3 rings (SSSR count). The Morgan fingerprint density at radius 3 is 0.474 bits per heavy atom. The van der Waals surface area contributed by atoms with Gasteiger partial charge in [0, 0.05) is 14.7 Å². The van der Waals surface area contributed by atoms with Crippen molar-refractivity contribution < 1.29 is 172 Å². The van der Waals surface area contributed by atoms with Crippen LogP contribution >= 0.6 is 35.3 Å². The topological polar surface area (TPSA) is 395 Å². The van der Waals surface area contributed by atoms with Crippen LogP contribution in [0.5, 0.6) is 17.2 Å². The average molecular weight is 1350 g/mol. The molecule has 444 valence electrons. The molecule has 0 heterocycles. The molecule has 0 fully saturated rings. The third-order valence-electron chi connectivity index (χ3n) is 4.88. The Balaban J connectivity index is -0.000000141. The summed E-state index contributed by atoms with van der Waals surface area (Å²) in [5, 5.41) is 31.9. The van der Waals surface area contributed by atoms with Crippen LogP contribution < -0.4 is 15.3 Å². The van der Waals surface area contributed by atoms with E-state index in [9.17, 15) is 94.3 Å². The van der Waals surface area contributed by atoms with Crippen molar-refractivity contribution >= 4 is 113 Å². The summed E-state index contributed by atoms with van der Waals surface area (Å²) in [5.41, 5.74) is -33.2. The van der Waals surface area contributed by atoms with Crippen molar-refractivity contribution in [2.24, 2.45) is 0 Å². The molecule has 0 saturated carbocycles. The zero-order valence-electron chi connectivity index (χ0n) is 35.8. The predicted octanol–water partition coefficient (Wildman–Crippen LogP) is 6.43. The summed E-state index contributed by atoms with van der Waals surface area (Å²) in [5.74, 6) is 0.255. The predicted molar refractivity (Wildman–Crippen MR) is 224 cm³/mol. The standard InChI is InChI=1S/3C7H8OS.6CHF3O3S.Al/c3*1-9-7-4-2-3-6(8)5-7;6*2-1(3,4)8(5,6)7;/h3*2-5,8H,1H3;6*(H,5,6,7);/q;;;;;;;;;+3/p-3. The molecule has 0 aromatic heterocycles. The molecule has 3 aromatic rings. The SMILES string of the molecule is CSc1cccc([O-])c1.CSc1cccc([O-])c1.CSc1cccc([O-])c1.O=S(=O)(O)C(F)(F)F.O=S(=O)(O)C(F)(F)F.O=S(=O)(O)C(F)(F)F.O=S(=O)(O)C(F)(F)F.O=S(=O)(O)C(F)(F)F.O=S(=O)(O)C(F)(F)F.[Al+3]. The van der Waals surface area contributed by atoms with Crippen molar-refractivity contribution in [1.82, 2.24) is 0 Å². The zero-order chi connectivity index (χ0) is 62.1. The van der Waals surface area contributed by atoms with Crippen molar-refractivity contribution in [2.45, 2.75) is 47.7 Å². The van der Waals surface area contributed by atoms with Crippen LogP contribution in [-0.2, 0) is 60.7 Å². The summed E-state index contributed by atoms with van der Waals surface area (Å²) >= 11 is 4.75. The maximum atomic E-state index is 10.7. The van der Waals surface area contributed by atoms with E-state index >= 15 is 0 Å². The van der Waals surface area contributed by atoms with E-state index in [0.29, 0.717) is 0 Å². The first-order valence-electron chi connectivity index (χ1n) is 15.6. The molecule has 0 bridgehead atoms. The average Bonchev–Trinajstić information content (AvgIpc) is 3.15. The van der Waals surface area contributed by atoms with E-state index in [1.165, 1.54) is 0 Å². The van der Waals surface area contributed by atoms with E-state index in [-0.39, 0.29) is 34.6 Å². The zero-order valence-corrected chi connectivity index (χ0v) is 44.3. The molecule has 0 aliphatic rings. The first-order valence-corrected chi connectivity index (χ1v) is 28.0. The fourth-order valence-corrected chi connectivity index (χ4v) is 3.15. The van der Waals surface area contributed by atoms with Crippen LogP contribution in [0.4, 0.5) is 79.0 Å². The van der Waals surface area contributed by atoms with Gasteiger partial charge in [-0.2, -0.15) is 130 Å². The smallest absolute Gasteiger partial charge is 0.872 e. The largest absolute Gasteiger partial charge is 3.00 e. The van der Waals surface area contributed by atoms with Gasteiger partial charge in [-0.15, -0.1) is 52.5 Å². The van der Waals surface area contributed by atoms with E-state index in [4.69, 9.17) is 77.8 Å². The van der Waals surface area contributed by atoms with Crippen molar-refractivity contribution in [2.75, 3.05) is 18.8 Å². The minimum absolute atomic E-state index is 0. The van der Waals surface area contributed by atoms with Gasteiger partial charge in [0.2, 0.25) is 0 Å². The van der Waals surface area contributed by atoms with Gasteiger partial charge in [0.05, 0.1) is 0 Å². The molecule has 76 heavy (non-hydrogen) atoms. The van der Waals surface area contributed by atoms with Gasteiger partial charge >= 0.3 is 111 Å². The molecule has 0 aliphatic heterocycles. The Hall–Kier alpha value is -3.16. The molecule has 0 atom stereocenters. The maximum absolute atomic E-state index is 10.7.